The van der Waals surface area contributed by atoms with Crippen molar-refractivity contribution in [3.63, 3.8) is 0 Å². The lowest BCUT2D eigenvalue weighted by Crippen LogP contribution is -2.28. The second-order valence-electron chi connectivity index (χ2n) is 6.85. The number of aromatic nitrogens is 3. The molecule has 0 spiro atoms. The first-order valence-corrected chi connectivity index (χ1v) is 10.5. The van der Waals surface area contributed by atoms with Gasteiger partial charge in [-0.25, -0.2) is 4.98 Å². The Morgan fingerprint density at radius 2 is 2.00 bits per heavy atom. The van der Waals surface area contributed by atoms with Gasteiger partial charge in [-0.3, -0.25) is 9.89 Å². The number of H-pyrrole nitrogens is 1. The number of hydrogen-bond donors (Lipinski definition) is 2. The lowest BCUT2D eigenvalue weighted by molar-refractivity contribution is 0.0787. The van der Waals surface area contributed by atoms with Crippen LogP contribution in [0, 0.1) is 0 Å². The van der Waals surface area contributed by atoms with Crippen LogP contribution in [0.2, 0.25) is 0 Å². The molecule has 2 heterocycles. The van der Waals surface area contributed by atoms with Crippen LogP contribution in [0.3, 0.4) is 0 Å². The number of nitrogens with zero attached hydrogens (tertiary/aromatic N) is 3. The quantitative estimate of drug-likeness (QED) is 0.512. The molecule has 0 atom stereocenters. The van der Waals surface area contributed by atoms with E-state index in [9.17, 15) is 4.79 Å². The highest BCUT2D eigenvalue weighted by atomic mass is 32.1. The number of carbonyl (C=O) groups excluding carboxylic acids is 1. The maximum absolute atomic E-state index is 12.4. The highest BCUT2D eigenvalue weighted by Gasteiger charge is 2.15. The average Bonchev–Trinajstić information content (AvgIpc) is 3.38. The van der Waals surface area contributed by atoms with Crippen LogP contribution >= 0.6 is 11.3 Å². The van der Waals surface area contributed by atoms with Crippen molar-refractivity contribution in [3.05, 3.63) is 58.2 Å². The van der Waals surface area contributed by atoms with Crippen molar-refractivity contribution in [2.24, 2.45) is 5.73 Å². The van der Waals surface area contributed by atoms with E-state index in [1.165, 1.54) is 11.3 Å². The SMILES string of the molecule is CN(CCCCCc1cc(-c2ccccc2)n[nH]1)C(=O)c1csc(CCN)n1. The first-order chi connectivity index (χ1) is 13.7. The van der Waals surface area contributed by atoms with E-state index < -0.39 is 0 Å². The molecule has 0 fully saturated rings. The number of amides is 1. The van der Waals surface area contributed by atoms with Gasteiger partial charge in [0.05, 0.1) is 10.7 Å². The molecule has 3 rings (SSSR count). The van der Waals surface area contributed by atoms with Gasteiger partial charge in [-0.15, -0.1) is 11.3 Å². The number of nitrogens with two attached hydrogens (primary N) is 1. The van der Waals surface area contributed by atoms with Crippen molar-refractivity contribution >= 4 is 17.2 Å². The predicted molar refractivity (Wildman–Crippen MR) is 113 cm³/mol. The number of aromatic amines is 1. The van der Waals surface area contributed by atoms with E-state index in [0.717, 1.165) is 60.6 Å². The second-order valence-corrected chi connectivity index (χ2v) is 7.79. The molecule has 0 bridgehead atoms. The van der Waals surface area contributed by atoms with Gasteiger partial charge in [0.15, 0.2) is 0 Å². The Bertz CT molecular complexity index is 874. The molecule has 0 saturated carbocycles. The van der Waals surface area contributed by atoms with Gasteiger partial charge >= 0.3 is 0 Å². The summed E-state index contributed by atoms with van der Waals surface area (Å²) < 4.78 is 0. The maximum atomic E-state index is 12.4. The van der Waals surface area contributed by atoms with Gasteiger partial charge in [-0.2, -0.15) is 5.10 Å². The number of unbranched alkanes of at least 4 members (excludes halogenated alkanes) is 2. The van der Waals surface area contributed by atoms with E-state index in [-0.39, 0.29) is 5.91 Å². The standard InChI is InChI=1S/C21H27N5OS/c1-26(21(27)19-15-28-20(23-19)11-12-22)13-7-3-6-10-17-14-18(25-24-17)16-8-4-2-5-9-16/h2,4-5,8-9,14-15H,3,6-7,10-13,22H2,1H3,(H,24,25). The molecule has 28 heavy (non-hydrogen) atoms. The zero-order valence-corrected chi connectivity index (χ0v) is 17.0. The minimum absolute atomic E-state index is 0.0133. The van der Waals surface area contributed by atoms with Crippen LogP contribution < -0.4 is 5.73 Å². The fourth-order valence-electron chi connectivity index (χ4n) is 3.03. The van der Waals surface area contributed by atoms with E-state index >= 15 is 0 Å². The third-order valence-corrected chi connectivity index (χ3v) is 5.52. The summed E-state index contributed by atoms with van der Waals surface area (Å²) >= 11 is 1.50. The molecule has 148 valence electrons. The average molecular weight is 398 g/mol. The van der Waals surface area contributed by atoms with E-state index in [0.29, 0.717) is 12.2 Å². The molecule has 0 radical (unpaired) electrons. The van der Waals surface area contributed by atoms with Gasteiger partial charge in [-0.1, -0.05) is 36.8 Å². The monoisotopic (exact) mass is 397 g/mol. The van der Waals surface area contributed by atoms with Crippen LogP contribution in [-0.2, 0) is 12.8 Å². The summed E-state index contributed by atoms with van der Waals surface area (Å²) in [6.45, 7) is 1.29. The number of benzene rings is 1. The molecule has 2 aromatic heterocycles. The Labute approximate surface area is 169 Å². The van der Waals surface area contributed by atoms with Gasteiger partial charge in [0.25, 0.3) is 5.91 Å². The molecular formula is C21H27N5OS. The van der Waals surface area contributed by atoms with Gasteiger partial charge in [-0.05, 0) is 31.9 Å². The summed E-state index contributed by atoms with van der Waals surface area (Å²) in [7, 11) is 1.84. The number of nitrogens with one attached hydrogen (secondary N) is 1. The predicted octanol–water partition coefficient (Wildman–Crippen LogP) is 3.52. The van der Waals surface area contributed by atoms with Gasteiger partial charge in [0.1, 0.15) is 5.69 Å². The summed E-state index contributed by atoms with van der Waals surface area (Å²) in [6, 6.07) is 12.3. The summed E-state index contributed by atoms with van der Waals surface area (Å²) in [4.78, 5) is 18.5. The Balaban J connectivity index is 1.37. The molecule has 7 heteroatoms. The van der Waals surface area contributed by atoms with Crippen LogP contribution in [-0.4, -0.2) is 46.1 Å². The smallest absolute Gasteiger partial charge is 0.273 e. The van der Waals surface area contributed by atoms with Crippen molar-refractivity contribution in [1.29, 1.82) is 0 Å². The molecule has 1 aromatic carbocycles. The largest absolute Gasteiger partial charge is 0.340 e. The highest BCUT2D eigenvalue weighted by molar-refractivity contribution is 7.09. The van der Waals surface area contributed by atoms with Crippen molar-refractivity contribution < 1.29 is 4.79 Å². The molecule has 1 amide bonds. The third kappa shape index (κ3) is 5.50. The Morgan fingerprint density at radius 3 is 2.79 bits per heavy atom. The lowest BCUT2D eigenvalue weighted by Gasteiger charge is -2.15. The summed E-state index contributed by atoms with van der Waals surface area (Å²) in [5, 5.41) is 10.3. The molecule has 0 aliphatic rings. The maximum Gasteiger partial charge on any atom is 0.273 e. The van der Waals surface area contributed by atoms with Crippen molar-refractivity contribution in [2.75, 3.05) is 20.1 Å². The summed E-state index contributed by atoms with van der Waals surface area (Å²) in [5.41, 5.74) is 9.33. The number of hydrogen-bond acceptors (Lipinski definition) is 5. The molecule has 0 aliphatic carbocycles. The Kier molecular flexibility index (Phi) is 7.33. The van der Waals surface area contributed by atoms with Crippen LogP contribution in [0.15, 0.2) is 41.8 Å². The first-order valence-electron chi connectivity index (χ1n) is 9.67. The fourth-order valence-corrected chi connectivity index (χ4v) is 3.82. The van der Waals surface area contributed by atoms with Gasteiger partial charge in [0.2, 0.25) is 0 Å². The first kappa shape index (κ1) is 20.2. The van der Waals surface area contributed by atoms with Crippen LogP contribution in [0.25, 0.3) is 11.3 Å². The summed E-state index contributed by atoms with van der Waals surface area (Å²) in [5.74, 6) is -0.0133. The lowest BCUT2D eigenvalue weighted by atomic mass is 10.1. The molecule has 6 nitrogen and oxygen atoms in total. The van der Waals surface area contributed by atoms with Crippen LogP contribution in [0.5, 0.6) is 0 Å². The fraction of sp³-hybridized carbons (Fsp3) is 0.381. The second kappa shape index (κ2) is 10.1. The topological polar surface area (TPSA) is 87.9 Å². The van der Waals surface area contributed by atoms with E-state index in [4.69, 9.17) is 5.73 Å². The van der Waals surface area contributed by atoms with Crippen molar-refractivity contribution in [3.8, 4) is 11.3 Å². The van der Waals surface area contributed by atoms with E-state index in [1.54, 1.807) is 4.90 Å². The van der Waals surface area contributed by atoms with Gasteiger partial charge in [0, 0.05) is 36.7 Å². The number of rotatable bonds is 10. The summed E-state index contributed by atoms with van der Waals surface area (Å²) in [6.07, 6.45) is 4.79. The molecule has 0 saturated heterocycles. The molecule has 0 unspecified atom stereocenters. The van der Waals surface area contributed by atoms with Crippen LogP contribution in [0.4, 0.5) is 0 Å². The number of carbonyl (C=O) groups is 1. The van der Waals surface area contributed by atoms with Crippen molar-refractivity contribution in [1.82, 2.24) is 20.1 Å². The minimum Gasteiger partial charge on any atom is -0.340 e. The van der Waals surface area contributed by atoms with Crippen LogP contribution in [0.1, 0.15) is 40.5 Å². The van der Waals surface area contributed by atoms with Crippen molar-refractivity contribution in [2.45, 2.75) is 32.1 Å². The number of thiazole rings is 1. The molecular weight excluding hydrogens is 370 g/mol. The van der Waals surface area contributed by atoms with Gasteiger partial charge < -0.3 is 10.6 Å². The Morgan fingerprint density at radius 1 is 1.18 bits per heavy atom. The van der Waals surface area contributed by atoms with E-state index in [1.807, 2.05) is 30.6 Å². The molecule has 3 aromatic rings. The minimum atomic E-state index is -0.0133. The number of aryl methyl sites for hydroxylation is 1. The highest BCUT2D eigenvalue weighted by Crippen LogP contribution is 2.18. The molecule has 0 aliphatic heterocycles. The zero-order chi connectivity index (χ0) is 19.8. The Hall–Kier alpha value is -2.51. The normalized spacial score (nSPS) is 10.9. The van der Waals surface area contributed by atoms with E-state index in [2.05, 4.69) is 33.4 Å². The zero-order valence-electron chi connectivity index (χ0n) is 16.2. The third-order valence-electron chi connectivity index (χ3n) is 4.62. The molecule has 3 N–H and O–H groups in total.